The molecule has 2 aromatic rings. The molecule has 2 rings (SSSR count). The summed E-state index contributed by atoms with van der Waals surface area (Å²) >= 11 is 6.09. The van der Waals surface area contributed by atoms with E-state index < -0.39 is 0 Å². The van der Waals surface area contributed by atoms with Crippen molar-refractivity contribution in [3.8, 4) is 11.5 Å². The minimum atomic E-state index is -0.0544. The van der Waals surface area contributed by atoms with E-state index in [-0.39, 0.29) is 11.2 Å². The van der Waals surface area contributed by atoms with Crippen LogP contribution >= 0.6 is 11.6 Å². The van der Waals surface area contributed by atoms with Crippen molar-refractivity contribution in [1.82, 2.24) is 0 Å². The molecule has 0 fully saturated rings. The maximum atomic E-state index is 11.4. The molecule has 2 nitrogen and oxygen atoms in total. The third kappa shape index (κ3) is 3.85. The predicted molar refractivity (Wildman–Crippen MR) is 86.7 cm³/mol. The molecule has 0 heterocycles. The Bertz CT molecular complexity index is 669. The molecule has 0 saturated carbocycles. The van der Waals surface area contributed by atoms with Gasteiger partial charge in [-0.05, 0) is 42.2 Å². The summed E-state index contributed by atoms with van der Waals surface area (Å²) in [4.78, 5) is 11.4. The van der Waals surface area contributed by atoms with Crippen LogP contribution < -0.4 is 4.74 Å². The molecular weight excluding hydrogens is 284 g/mol. The normalized spacial score (nSPS) is 11.3. The molecule has 0 aliphatic rings. The minimum Gasteiger partial charge on any atom is -0.457 e. The smallest absolute Gasteiger partial charge is 0.161 e. The number of benzene rings is 2. The van der Waals surface area contributed by atoms with Gasteiger partial charge in [0.15, 0.2) is 5.78 Å². The Morgan fingerprint density at radius 2 is 1.71 bits per heavy atom. The summed E-state index contributed by atoms with van der Waals surface area (Å²) in [5.41, 5.74) is 1.77. The molecule has 0 spiro atoms. The van der Waals surface area contributed by atoms with Gasteiger partial charge >= 0.3 is 0 Å². The zero-order valence-electron chi connectivity index (χ0n) is 12.7. The molecule has 0 aliphatic heterocycles. The SMILES string of the molecule is CC(=O)c1ccc(Oc2cccc(C(C)(C)C)c2)cc1Cl. The molecule has 0 radical (unpaired) electrons. The van der Waals surface area contributed by atoms with Gasteiger partial charge in [0.25, 0.3) is 0 Å². The number of hydrogen-bond acceptors (Lipinski definition) is 2. The monoisotopic (exact) mass is 302 g/mol. The van der Waals surface area contributed by atoms with Crippen molar-refractivity contribution < 1.29 is 9.53 Å². The van der Waals surface area contributed by atoms with Crippen molar-refractivity contribution in [2.45, 2.75) is 33.1 Å². The van der Waals surface area contributed by atoms with Crippen molar-refractivity contribution in [3.05, 3.63) is 58.6 Å². The Hall–Kier alpha value is -1.80. The summed E-state index contributed by atoms with van der Waals surface area (Å²) in [7, 11) is 0. The van der Waals surface area contributed by atoms with Crippen LogP contribution in [-0.4, -0.2) is 5.78 Å². The van der Waals surface area contributed by atoms with Gasteiger partial charge in [-0.2, -0.15) is 0 Å². The van der Waals surface area contributed by atoms with Crippen LogP contribution in [0.3, 0.4) is 0 Å². The molecule has 110 valence electrons. The summed E-state index contributed by atoms with van der Waals surface area (Å²) in [5, 5.41) is 0.409. The molecule has 0 amide bonds. The van der Waals surface area contributed by atoms with Gasteiger partial charge < -0.3 is 4.74 Å². The van der Waals surface area contributed by atoms with E-state index in [1.807, 2.05) is 18.2 Å². The summed E-state index contributed by atoms with van der Waals surface area (Å²) in [5.74, 6) is 1.33. The molecule has 0 unspecified atom stereocenters. The van der Waals surface area contributed by atoms with Gasteiger partial charge in [-0.25, -0.2) is 0 Å². The molecule has 21 heavy (non-hydrogen) atoms. The maximum absolute atomic E-state index is 11.4. The lowest BCUT2D eigenvalue weighted by molar-refractivity contribution is 0.101. The van der Waals surface area contributed by atoms with E-state index in [9.17, 15) is 4.79 Å². The third-order valence-electron chi connectivity index (χ3n) is 3.26. The first-order valence-electron chi connectivity index (χ1n) is 6.86. The highest BCUT2D eigenvalue weighted by molar-refractivity contribution is 6.34. The molecule has 0 aromatic heterocycles. The fraction of sp³-hybridized carbons (Fsp3) is 0.278. The van der Waals surface area contributed by atoms with Crippen LogP contribution in [0.25, 0.3) is 0 Å². The lowest BCUT2D eigenvalue weighted by Crippen LogP contribution is -2.10. The zero-order valence-corrected chi connectivity index (χ0v) is 13.5. The van der Waals surface area contributed by atoms with Crippen LogP contribution in [0.15, 0.2) is 42.5 Å². The van der Waals surface area contributed by atoms with E-state index in [1.165, 1.54) is 12.5 Å². The van der Waals surface area contributed by atoms with E-state index in [1.54, 1.807) is 18.2 Å². The second kappa shape index (κ2) is 5.90. The topological polar surface area (TPSA) is 26.3 Å². The molecule has 0 saturated heterocycles. The van der Waals surface area contributed by atoms with Crippen LogP contribution in [0.5, 0.6) is 11.5 Å². The Morgan fingerprint density at radius 1 is 1.05 bits per heavy atom. The number of rotatable bonds is 3. The highest BCUT2D eigenvalue weighted by atomic mass is 35.5. The number of carbonyl (C=O) groups excluding carboxylic acids is 1. The lowest BCUT2D eigenvalue weighted by Gasteiger charge is -2.19. The maximum Gasteiger partial charge on any atom is 0.161 e. The van der Waals surface area contributed by atoms with Crippen molar-refractivity contribution in [1.29, 1.82) is 0 Å². The summed E-state index contributed by atoms with van der Waals surface area (Å²) in [6.45, 7) is 7.97. The summed E-state index contributed by atoms with van der Waals surface area (Å²) < 4.78 is 5.83. The van der Waals surface area contributed by atoms with Gasteiger partial charge in [0.05, 0.1) is 5.02 Å². The fourth-order valence-electron chi connectivity index (χ4n) is 2.01. The first-order chi connectivity index (χ1) is 9.77. The number of Topliss-reactive ketones (excluding diaryl/α,β-unsaturated/α-hetero) is 1. The van der Waals surface area contributed by atoms with Crippen LogP contribution in [0.4, 0.5) is 0 Å². The Balaban J connectivity index is 2.27. The van der Waals surface area contributed by atoms with Crippen LogP contribution in [0.2, 0.25) is 5.02 Å². The van der Waals surface area contributed by atoms with E-state index in [4.69, 9.17) is 16.3 Å². The van der Waals surface area contributed by atoms with E-state index in [0.717, 1.165) is 5.75 Å². The number of carbonyl (C=O) groups is 1. The van der Waals surface area contributed by atoms with Gasteiger partial charge in [0, 0.05) is 11.6 Å². The quantitative estimate of drug-likeness (QED) is 0.687. The van der Waals surface area contributed by atoms with Gasteiger partial charge in [0.1, 0.15) is 11.5 Å². The number of ketones is 1. The second-order valence-corrected chi connectivity index (χ2v) is 6.48. The Kier molecular flexibility index (Phi) is 4.38. The van der Waals surface area contributed by atoms with Gasteiger partial charge in [-0.1, -0.05) is 44.5 Å². The minimum absolute atomic E-state index is 0.0544. The van der Waals surface area contributed by atoms with E-state index in [2.05, 4.69) is 26.8 Å². The Morgan fingerprint density at radius 3 is 2.29 bits per heavy atom. The van der Waals surface area contributed by atoms with Crippen LogP contribution in [0.1, 0.15) is 43.6 Å². The predicted octanol–water partition coefficient (Wildman–Crippen LogP) is 5.63. The highest BCUT2D eigenvalue weighted by Crippen LogP contribution is 2.30. The summed E-state index contributed by atoms with van der Waals surface area (Å²) in [6, 6.07) is 13.1. The second-order valence-electron chi connectivity index (χ2n) is 6.08. The Labute approximate surface area is 130 Å². The lowest BCUT2D eigenvalue weighted by atomic mass is 9.87. The molecule has 3 heteroatoms. The van der Waals surface area contributed by atoms with Gasteiger partial charge in [0.2, 0.25) is 0 Å². The number of ether oxygens (including phenoxy) is 1. The van der Waals surface area contributed by atoms with Gasteiger partial charge in [-0.3, -0.25) is 4.79 Å². The van der Waals surface area contributed by atoms with E-state index >= 15 is 0 Å². The zero-order chi connectivity index (χ0) is 15.6. The average molecular weight is 303 g/mol. The molecular formula is C18H19ClO2. The standard InChI is InChI=1S/C18H19ClO2/c1-12(20)16-9-8-15(11-17(16)19)21-14-7-5-6-13(10-14)18(2,3)4/h5-11H,1-4H3. The number of halogens is 1. The third-order valence-corrected chi connectivity index (χ3v) is 3.57. The molecule has 0 N–H and O–H groups in total. The molecule has 2 aromatic carbocycles. The highest BCUT2D eigenvalue weighted by Gasteiger charge is 2.14. The van der Waals surface area contributed by atoms with E-state index in [0.29, 0.717) is 16.3 Å². The van der Waals surface area contributed by atoms with Gasteiger partial charge in [-0.15, -0.1) is 0 Å². The molecule has 0 aliphatic carbocycles. The van der Waals surface area contributed by atoms with Crippen LogP contribution in [-0.2, 0) is 5.41 Å². The fourth-order valence-corrected chi connectivity index (χ4v) is 2.31. The summed E-state index contributed by atoms with van der Waals surface area (Å²) in [6.07, 6.45) is 0. The van der Waals surface area contributed by atoms with Crippen molar-refractivity contribution >= 4 is 17.4 Å². The van der Waals surface area contributed by atoms with Crippen molar-refractivity contribution in [2.24, 2.45) is 0 Å². The largest absolute Gasteiger partial charge is 0.457 e. The molecule has 0 bridgehead atoms. The number of hydrogen-bond donors (Lipinski definition) is 0. The molecule has 0 atom stereocenters. The first kappa shape index (κ1) is 15.6. The average Bonchev–Trinajstić information content (AvgIpc) is 2.37. The van der Waals surface area contributed by atoms with Crippen molar-refractivity contribution in [3.63, 3.8) is 0 Å². The van der Waals surface area contributed by atoms with Crippen molar-refractivity contribution in [2.75, 3.05) is 0 Å². The van der Waals surface area contributed by atoms with Crippen LogP contribution in [0, 0.1) is 0 Å². The first-order valence-corrected chi connectivity index (χ1v) is 7.24.